The highest BCUT2D eigenvalue weighted by Gasteiger charge is 2.14. The van der Waals surface area contributed by atoms with E-state index >= 15 is 0 Å². The third-order valence-electron chi connectivity index (χ3n) is 12.0. The number of hydrogen-bond donors (Lipinski definition) is 1. The molecule has 0 bridgehead atoms. The molecule has 0 aliphatic heterocycles. The van der Waals surface area contributed by atoms with Gasteiger partial charge in [-0.3, -0.25) is 0 Å². The van der Waals surface area contributed by atoms with Crippen molar-refractivity contribution < 1.29 is 0 Å². The Kier molecular flexibility index (Phi) is 25.3. The van der Waals surface area contributed by atoms with Crippen molar-refractivity contribution in [3.63, 3.8) is 0 Å². The normalized spacial score (nSPS) is 12.5. The number of hydrogen-bond acceptors (Lipinski definition) is 1. The highest BCUT2D eigenvalue weighted by molar-refractivity contribution is 6.08. The Balaban J connectivity index is 1.27. The lowest BCUT2D eigenvalue weighted by atomic mass is 10.0. The van der Waals surface area contributed by atoms with Crippen molar-refractivity contribution in [1.82, 2.24) is 4.57 Å². The van der Waals surface area contributed by atoms with Crippen molar-refractivity contribution in [2.24, 2.45) is 5.73 Å². The van der Waals surface area contributed by atoms with E-state index < -0.39 is 0 Å². The third kappa shape index (κ3) is 18.5. The summed E-state index contributed by atoms with van der Waals surface area (Å²) in [6, 6.07) is 14.4. The van der Waals surface area contributed by atoms with E-state index in [1.54, 1.807) is 0 Å². The second kappa shape index (κ2) is 29.5. The van der Waals surface area contributed by atoms with Gasteiger partial charge in [0, 0.05) is 10.8 Å². The molecule has 0 saturated carbocycles. The quantitative estimate of drug-likeness (QED) is 0.0604. The molecule has 2 heteroatoms. The van der Waals surface area contributed by atoms with Gasteiger partial charge >= 0.3 is 0 Å². The maximum absolute atomic E-state index is 6.63. The Labute approximate surface area is 323 Å². The van der Waals surface area contributed by atoms with Crippen LogP contribution in [-0.4, -0.2) is 4.57 Å². The smallest absolute Gasteiger partial charge is 0.0792 e. The largest absolute Gasteiger partial charge is 0.325 e. The molecule has 0 aliphatic rings. The van der Waals surface area contributed by atoms with Crippen LogP contribution in [0.3, 0.4) is 0 Å². The zero-order chi connectivity index (χ0) is 36.9. The second-order valence-electron chi connectivity index (χ2n) is 16.9. The van der Waals surface area contributed by atoms with E-state index in [1.807, 2.05) is 0 Å². The highest BCUT2D eigenvalue weighted by Crippen LogP contribution is 2.33. The summed E-state index contributed by atoms with van der Waals surface area (Å²) in [5.74, 6) is 0. The van der Waals surface area contributed by atoms with Gasteiger partial charge in [0.05, 0.1) is 17.2 Å². The van der Waals surface area contributed by atoms with E-state index in [9.17, 15) is 0 Å². The summed E-state index contributed by atoms with van der Waals surface area (Å²) in [6.45, 7) is 6.75. The van der Waals surface area contributed by atoms with Crippen molar-refractivity contribution in [3.05, 3.63) is 47.5 Å². The van der Waals surface area contributed by atoms with Crippen LogP contribution in [0.15, 0.2) is 36.4 Å². The summed E-state index contributed by atoms with van der Waals surface area (Å²) in [6.07, 6.45) is 47.9. The van der Waals surface area contributed by atoms with Crippen molar-refractivity contribution in [2.75, 3.05) is 0 Å². The van der Waals surface area contributed by atoms with Crippen molar-refractivity contribution >= 4 is 21.8 Å². The van der Waals surface area contributed by atoms with E-state index in [1.165, 1.54) is 251 Å². The molecule has 1 heterocycles. The third-order valence-corrected chi connectivity index (χ3v) is 12.0. The van der Waals surface area contributed by atoms with Gasteiger partial charge in [-0.2, -0.15) is 0 Å². The van der Waals surface area contributed by atoms with Gasteiger partial charge in [-0.25, -0.2) is 0 Å². The molecule has 1 atom stereocenters. The van der Waals surface area contributed by atoms with Crippen LogP contribution in [0.1, 0.15) is 244 Å². The van der Waals surface area contributed by atoms with Crippen molar-refractivity contribution in [3.8, 4) is 0 Å². The van der Waals surface area contributed by atoms with Crippen LogP contribution in [0.25, 0.3) is 21.8 Å². The molecule has 52 heavy (non-hydrogen) atoms. The Morgan fingerprint density at radius 2 is 0.635 bits per heavy atom. The maximum Gasteiger partial charge on any atom is 0.0792 e. The van der Waals surface area contributed by atoms with E-state index in [4.69, 9.17) is 5.73 Å². The number of aryl methyl sites for hydroxylation is 2. The fourth-order valence-electron chi connectivity index (χ4n) is 8.64. The predicted octanol–water partition coefficient (Wildman–Crippen LogP) is 16.9. The molecule has 0 saturated heterocycles. The minimum Gasteiger partial charge on any atom is -0.325 e. The number of nitrogens with two attached hydrogens (primary N) is 1. The number of rotatable bonds is 35. The van der Waals surface area contributed by atoms with Gasteiger partial charge in [0.2, 0.25) is 0 Å². The van der Waals surface area contributed by atoms with Crippen molar-refractivity contribution in [2.45, 2.75) is 245 Å². The van der Waals surface area contributed by atoms with Gasteiger partial charge in [-0.05, 0) is 55.9 Å². The zero-order valence-corrected chi connectivity index (χ0v) is 35.1. The van der Waals surface area contributed by atoms with Crippen LogP contribution < -0.4 is 5.73 Å². The van der Waals surface area contributed by atoms with Gasteiger partial charge < -0.3 is 10.3 Å². The Morgan fingerprint density at radius 1 is 0.385 bits per heavy atom. The van der Waals surface area contributed by atoms with Crippen LogP contribution in [0.5, 0.6) is 0 Å². The summed E-state index contributed by atoms with van der Waals surface area (Å²) >= 11 is 0. The number of nitrogens with zero attached hydrogens (tertiary/aromatic N) is 1. The monoisotopic (exact) mass is 715 g/mol. The van der Waals surface area contributed by atoms with Gasteiger partial charge in [0.1, 0.15) is 0 Å². The lowest BCUT2D eigenvalue weighted by Crippen LogP contribution is -2.14. The molecule has 0 aliphatic carbocycles. The first-order valence-corrected chi connectivity index (χ1v) is 23.5. The Morgan fingerprint density at radius 3 is 0.885 bits per heavy atom. The topological polar surface area (TPSA) is 30.9 Å². The lowest BCUT2D eigenvalue weighted by molar-refractivity contribution is 0.529. The standard InChI is InChI=1S/C50H86N2/c1-4-6-8-10-12-14-16-18-20-22-24-26-28-30-32-34-36-45-38-40-47-48-41-39-46(43-50(48)52(44(3)51)49(47)42-45)37-35-33-31-29-27-25-23-21-19-17-15-13-11-9-7-5-2/h38-44H,4-37,51H2,1-3H3. The van der Waals surface area contributed by atoms with Crippen LogP contribution >= 0.6 is 0 Å². The number of fused-ring (bicyclic) bond motifs is 3. The van der Waals surface area contributed by atoms with E-state index in [2.05, 4.69) is 61.7 Å². The molecular weight excluding hydrogens is 629 g/mol. The summed E-state index contributed by atoms with van der Waals surface area (Å²) in [4.78, 5) is 0. The van der Waals surface area contributed by atoms with Gasteiger partial charge in [0.25, 0.3) is 0 Å². The average Bonchev–Trinajstić information content (AvgIpc) is 3.47. The Hall–Kier alpha value is -1.80. The van der Waals surface area contributed by atoms with Gasteiger partial charge in [0.15, 0.2) is 0 Å². The van der Waals surface area contributed by atoms with Gasteiger partial charge in [-0.15, -0.1) is 0 Å². The number of aromatic nitrogens is 1. The SMILES string of the molecule is CCCCCCCCCCCCCCCCCCc1ccc2c3ccc(CCCCCCCCCCCCCCCCCC)cc3n(C(C)N)c2c1. The van der Waals surface area contributed by atoms with Crippen LogP contribution in [0, 0.1) is 0 Å². The molecule has 0 fully saturated rings. The first-order valence-electron chi connectivity index (χ1n) is 23.5. The van der Waals surface area contributed by atoms with Crippen LogP contribution in [-0.2, 0) is 12.8 Å². The molecule has 296 valence electrons. The highest BCUT2D eigenvalue weighted by atomic mass is 15.1. The zero-order valence-electron chi connectivity index (χ0n) is 35.1. The minimum atomic E-state index is -0.0309. The molecule has 2 aromatic carbocycles. The number of unbranched alkanes of at least 4 members (excludes halogenated alkanes) is 30. The molecule has 1 unspecified atom stereocenters. The molecule has 1 aromatic heterocycles. The molecule has 0 spiro atoms. The predicted molar refractivity (Wildman–Crippen MR) is 235 cm³/mol. The van der Waals surface area contributed by atoms with Crippen LogP contribution in [0.2, 0.25) is 0 Å². The average molecular weight is 715 g/mol. The van der Waals surface area contributed by atoms with Crippen molar-refractivity contribution in [1.29, 1.82) is 0 Å². The molecule has 3 rings (SSSR count). The molecular formula is C50H86N2. The number of benzene rings is 2. The van der Waals surface area contributed by atoms with Gasteiger partial charge in [-0.1, -0.05) is 231 Å². The first kappa shape index (κ1) is 44.6. The Bertz CT molecular complexity index is 1170. The second-order valence-corrected chi connectivity index (χ2v) is 16.9. The molecule has 0 amide bonds. The van der Waals surface area contributed by atoms with Crippen LogP contribution in [0.4, 0.5) is 0 Å². The van der Waals surface area contributed by atoms with E-state index in [0.29, 0.717) is 0 Å². The van der Waals surface area contributed by atoms with E-state index in [0.717, 1.165) is 0 Å². The molecule has 2 N–H and O–H groups in total. The summed E-state index contributed by atoms with van der Waals surface area (Å²) in [5.41, 5.74) is 12.2. The molecule has 3 aromatic rings. The molecule has 0 radical (unpaired) electrons. The van der Waals surface area contributed by atoms with E-state index in [-0.39, 0.29) is 6.17 Å². The summed E-state index contributed by atoms with van der Waals surface area (Å²) in [7, 11) is 0. The minimum absolute atomic E-state index is 0.0309. The fourth-order valence-corrected chi connectivity index (χ4v) is 8.64. The maximum atomic E-state index is 6.63. The lowest BCUT2D eigenvalue weighted by Gasteiger charge is -2.13. The summed E-state index contributed by atoms with van der Waals surface area (Å²) in [5, 5.41) is 2.72. The summed E-state index contributed by atoms with van der Waals surface area (Å²) < 4.78 is 2.40. The molecule has 2 nitrogen and oxygen atoms in total. The fraction of sp³-hybridized carbons (Fsp3) is 0.760. The first-order chi connectivity index (χ1) is 25.7.